The molecule has 2 aliphatic heterocycles. The van der Waals surface area contributed by atoms with E-state index in [2.05, 4.69) is 33.0 Å². The summed E-state index contributed by atoms with van der Waals surface area (Å²) in [5.74, 6) is -1.22. The molecule has 0 aromatic rings. The van der Waals surface area contributed by atoms with Gasteiger partial charge >= 0.3 is 5.97 Å². The number of fused-ring (bicyclic) bond motifs is 1. The van der Waals surface area contributed by atoms with E-state index in [-0.39, 0.29) is 24.4 Å². The van der Waals surface area contributed by atoms with Crippen LogP contribution >= 0.6 is 25.3 Å². The van der Waals surface area contributed by atoms with Crippen molar-refractivity contribution in [2.75, 3.05) is 6.54 Å². The van der Waals surface area contributed by atoms with Crippen molar-refractivity contribution in [2.24, 2.45) is 11.0 Å². The lowest BCUT2D eigenvalue weighted by atomic mass is 9.87. The summed E-state index contributed by atoms with van der Waals surface area (Å²) in [7, 11) is 4.49. The molecular formula is C10H18N5O3P3. The lowest BCUT2D eigenvalue weighted by Gasteiger charge is -2.42. The standard InChI is InChI=1S/C10H18N5O3P3/c11-14-12-4-5-3-6-1-2-7(10(17)18)15(6)9(16)8(5)13-21(19)20/h5-8,13H,1-4,19-20H2,(H,17,18)/t5-,6-,7-,8+/m0/s1. The summed E-state index contributed by atoms with van der Waals surface area (Å²) in [4.78, 5) is 28.3. The number of nitrogens with zero attached hydrogens (tertiary/aromatic N) is 4. The minimum absolute atomic E-state index is 0.0595. The van der Waals surface area contributed by atoms with Gasteiger partial charge in [-0.3, -0.25) is 9.88 Å². The highest BCUT2D eigenvalue weighted by molar-refractivity contribution is 8.42. The highest BCUT2D eigenvalue weighted by Crippen LogP contribution is 2.50. The SMILES string of the molecule is [N-]=[N+]=NC[C@@H]1C[C@@H]2CC[C@@H](C(=O)O)N2C(=O)[C@@H]1NP(P)P. The number of piperidine rings is 1. The number of amides is 1. The summed E-state index contributed by atoms with van der Waals surface area (Å²) in [6, 6.07) is -1.28. The van der Waals surface area contributed by atoms with Crippen LogP contribution in [0.15, 0.2) is 5.11 Å². The molecule has 8 nitrogen and oxygen atoms in total. The van der Waals surface area contributed by atoms with Gasteiger partial charge in [0.05, 0.1) is 6.04 Å². The first-order chi connectivity index (χ1) is 9.95. The Morgan fingerprint density at radius 2 is 2.29 bits per heavy atom. The zero-order valence-electron chi connectivity index (χ0n) is 11.3. The van der Waals surface area contributed by atoms with Crippen LogP contribution in [0.3, 0.4) is 0 Å². The Bertz CT molecular complexity index is 485. The van der Waals surface area contributed by atoms with E-state index in [1.165, 1.54) is 4.90 Å². The van der Waals surface area contributed by atoms with Gasteiger partial charge in [-0.25, -0.2) is 4.79 Å². The van der Waals surface area contributed by atoms with E-state index in [0.717, 1.165) is 0 Å². The van der Waals surface area contributed by atoms with Crippen molar-refractivity contribution >= 4 is 37.2 Å². The molecule has 6 atom stereocenters. The minimum atomic E-state index is -0.947. The molecule has 2 N–H and O–H groups in total. The van der Waals surface area contributed by atoms with Crippen LogP contribution in [0.4, 0.5) is 0 Å². The highest BCUT2D eigenvalue weighted by Gasteiger charge is 2.49. The number of carbonyl (C=O) groups excluding carboxylic acids is 1. The summed E-state index contributed by atoms with van der Waals surface area (Å²) in [5.41, 5.74) is 8.49. The lowest BCUT2D eigenvalue weighted by molar-refractivity contribution is -0.153. The minimum Gasteiger partial charge on any atom is -0.480 e. The Morgan fingerprint density at radius 1 is 1.57 bits per heavy atom. The highest BCUT2D eigenvalue weighted by atomic mass is 32.4. The summed E-state index contributed by atoms with van der Waals surface area (Å²) in [6.45, 7) is 0.250. The molecule has 2 fully saturated rings. The Hall–Kier alpha value is -0.500. The Kier molecular flexibility index (Phi) is 5.76. The van der Waals surface area contributed by atoms with E-state index in [1.807, 2.05) is 0 Å². The number of hydrogen-bond donors (Lipinski definition) is 2. The fraction of sp³-hybridized carbons (Fsp3) is 0.800. The summed E-state index contributed by atoms with van der Waals surface area (Å²) >= 11 is 0. The van der Waals surface area contributed by atoms with Crippen molar-refractivity contribution in [1.82, 2.24) is 9.99 Å². The third-order valence-electron chi connectivity index (χ3n) is 4.02. The van der Waals surface area contributed by atoms with Crippen molar-refractivity contribution in [3.8, 4) is 0 Å². The molecule has 2 rings (SSSR count). The van der Waals surface area contributed by atoms with Gasteiger partial charge in [0.2, 0.25) is 5.91 Å². The van der Waals surface area contributed by atoms with E-state index in [4.69, 9.17) is 5.53 Å². The maximum atomic E-state index is 12.7. The van der Waals surface area contributed by atoms with Gasteiger partial charge in [-0.1, -0.05) is 23.0 Å². The van der Waals surface area contributed by atoms with Gasteiger partial charge in [-0.2, -0.15) is 0 Å². The maximum absolute atomic E-state index is 12.7. The van der Waals surface area contributed by atoms with Crippen LogP contribution < -0.4 is 5.09 Å². The van der Waals surface area contributed by atoms with Crippen molar-refractivity contribution in [1.29, 1.82) is 0 Å². The molecule has 21 heavy (non-hydrogen) atoms. The number of nitrogens with one attached hydrogen (secondary N) is 1. The third-order valence-corrected chi connectivity index (χ3v) is 5.49. The lowest BCUT2D eigenvalue weighted by Crippen LogP contribution is -2.59. The van der Waals surface area contributed by atoms with E-state index in [0.29, 0.717) is 19.3 Å². The van der Waals surface area contributed by atoms with Crippen molar-refractivity contribution in [2.45, 2.75) is 37.4 Å². The molecule has 116 valence electrons. The summed E-state index contributed by atoms with van der Waals surface area (Å²) in [5, 5.41) is 16.0. The smallest absolute Gasteiger partial charge is 0.326 e. The van der Waals surface area contributed by atoms with Crippen LogP contribution in [0.25, 0.3) is 10.4 Å². The summed E-state index contributed by atoms with van der Waals surface area (Å²) < 4.78 is 0. The Labute approximate surface area is 128 Å². The molecule has 0 spiro atoms. The van der Waals surface area contributed by atoms with Crippen LogP contribution in [-0.2, 0) is 9.59 Å². The predicted octanol–water partition coefficient (Wildman–Crippen LogP) is 1.70. The van der Waals surface area contributed by atoms with Crippen LogP contribution in [0, 0.1) is 5.92 Å². The average molecular weight is 349 g/mol. The van der Waals surface area contributed by atoms with Crippen molar-refractivity contribution in [3.63, 3.8) is 0 Å². The number of carboxylic acids is 1. The van der Waals surface area contributed by atoms with Crippen LogP contribution in [0.5, 0.6) is 0 Å². The molecule has 0 aromatic heterocycles. The third kappa shape index (κ3) is 3.64. The molecule has 0 bridgehead atoms. The second-order valence-electron chi connectivity index (χ2n) is 5.25. The largest absolute Gasteiger partial charge is 0.480 e. The second kappa shape index (κ2) is 7.17. The van der Waals surface area contributed by atoms with Gasteiger partial charge in [-0.05, 0) is 38.2 Å². The molecule has 2 saturated heterocycles. The molecule has 0 aliphatic carbocycles. The predicted molar refractivity (Wildman–Crippen MR) is 86.7 cm³/mol. The average Bonchev–Trinajstić information content (AvgIpc) is 2.83. The Morgan fingerprint density at radius 3 is 2.86 bits per heavy atom. The topological polar surface area (TPSA) is 118 Å². The van der Waals surface area contributed by atoms with Gasteiger partial charge in [0.1, 0.15) is 6.04 Å². The molecule has 11 heteroatoms. The Balaban J connectivity index is 2.23. The fourth-order valence-corrected chi connectivity index (χ4v) is 4.79. The molecule has 0 saturated carbocycles. The quantitative estimate of drug-likeness (QED) is 0.340. The first-order valence-corrected chi connectivity index (χ1v) is 11.1. The molecule has 2 heterocycles. The van der Waals surface area contributed by atoms with Gasteiger partial charge in [0.15, 0.2) is 0 Å². The first kappa shape index (κ1) is 16.9. The number of carboxylic acid groups (broad SMARTS) is 1. The monoisotopic (exact) mass is 349 g/mol. The molecule has 2 aliphatic rings. The van der Waals surface area contributed by atoms with Gasteiger partial charge < -0.3 is 10.0 Å². The number of aliphatic carboxylic acids is 1. The van der Waals surface area contributed by atoms with E-state index in [9.17, 15) is 14.7 Å². The van der Waals surface area contributed by atoms with Gasteiger partial charge in [-0.15, -0.1) is 0 Å². The number of carbonyl (C=O) groups is 2. The molecule has 1 amide bonds. The normalized spacial score (nSPS) is 32.0. The summed E-state index contributed by atoms with van der Waals surface area (Å²) in [6.07, 6.45) is 1.85. The fourth-order valence-electron chi connectivity index (χ4n) is 3.18. The van der Waals surface area contributed by atoms with Crippen LogP contribution in [0.2, 0.25) is 0 Å². The molecule has 2 unspecified atom stereocenters. The van der Waals surface area contributed by atoms with E-state index in [1.54, 1.807) is 0 Å². The zero-order valence-corrected chi connectivity index (χ0v) is 14.5. The second-order valence-corrected chi connectivity index (χ2v) is 11.5. The van der Waals surface area contributed by atoms with Gasteiger partial charge in [0.25, 0.3) is 0 Å². The number of hydrogen-bond acceptors (Lipinski definition) is 4. The zero-order chi connectivity index (χ0) is 15.6. The van der Waals surface area contributed by atoms with Gasteiger partial charge in [0, 0.05) is 17.5 Å². The van der Waals surface area contributed by atoms with E-state index < -0.39 is 25.5 Å². The first-order valence-electron chi connectivity index (χ1n) is 6.57. The molecule has 0 aromatic carbocycles. The molecule has 0 radical (unpaired) electrons. The van der Waals surface area contributed by atoms with Crippen molar-refractivity contribution < 1.29 is 14.7 Å². The van der Waals surface area contributed by atoms with Crippen LogP contribution in [-0.4, -0.2) is 46.6 Å². The van der Waals surface area contributed by atoms with Crippen LogP contribution in [0.1, 0.15) is 19.3 Å². The number of rotatable bonds is 5. The van der Waals surface area contributed by atoms with E-state index >= 15 is 0 Å². The number of azide groups is 1. The molecular weight excluding hydrogens is 331 g/mol. The maximum Gasteiger partial charge on any atom is 0.326 e. The van der Waals surface area contributed by atoms with Crippen molar-refractivity contribution in [3.05, 3.63) is 10.4 Å².